The average Bonchev–Trinajstić information content (AvgIpc) is 2.67. The fourth-order valence-electron chi connectivity index (χ4n) is 1.98. The first kappa shape index (κ1) is 14.0. The van der Waals surface area contributed by atoms with E-state index in [9.17, 15) is 5.11 Å². The summed E-state index contributed by atoms with van der Waals surface area (Å²) >= 11 is 7.38. The summed E-state index contributed by atoms with van der Waals surface area (Å²) in [5.41, 5.74) is -0.434. The van der Waals surface area contributed by atoms with Crippen LogP contribution < -0.4 is 0 Å². The highest BCUT2D eigenvalue weighted by Gasteiger charge is 2.34. The summed E-state index contributed by atoms with van der Waals surface area (Å²) in [5, 5.41) is 10.3. The molecule has 4 heteroatoms. The Kier molecular flexibility index (Phi) is 5.25. The standard InChI is InChI=1S/C12H19ClO2S/c1-4-12(5-2,15-3)10(14)8-9-6-7-11(13)16-9/h6-7,10,14H,4-5,8H2,1-3H3. The van der Waals surface area contributed by atoms with E-state index in [1.165, 1.54) is 11.3 Å². The van der Waals surface area contributed by atoms with E-state index in [2.05, 4.69) is 0 Å². The fourth-order valence-corrected chi connectivity index (χ4v) is 3.11. The topological polar surface area (TPSA) is 29.5 Å². The van der Waals surface area contributed by atoms with E-state index in [1.807, 2.05) is 26.0 Å². The molecule has 1 unspecified atom stereocenters. The molecule has 16 heavy (non-hydrogen) atoms. The minimum absolute atomic E-state index is 0.434. The van der Waals surface area contributed by atoms with Gasteiger partial charge in [0, 0.05) is 18.4 Å². The quantitative estimate of drug-likeness (QED) is 0.850. The van der Waals surface area contributed by atoms with Crippen molar-refractivity contribution in [3.63, 3.8) is 0 Å². The van der Waals surface area contributed by atoms with Gasteiger partial charge in [-0.3, -0.25) is 0 Å². The molecule has 1 heterocycles. The van der Waals surface area contributed by atoms with E-state index < -0.39 is 11.7 Å². The summed E-state index contributed by atoms with van der Waals surface area (Å²) in [6.07, 6.45) is 1.73. The Hall–Kier alpha value is -0.0900. The first-order chi connectivity index (χ1) is 7.57. The molecule has 1 aromatic rings. The Morgan fingerprint density at radius 1 is 1.44 bits per heavy atom. The summed E-state index contributed by atoms with van der Waals surface area (Å²) < 4.78 is 6.26. The second kappa shape index (κ2) is 6.01. The van der Waals surface area contributed by atoms with Crippen molar-refractivity contribution in [2.24, 2.45) is 0 Å². The molecule has 0 aliphatic heterocycles. The van der Waals surface area contributed by atoms with Gasteiger partial charge < -0.3 is 9.84 Å². The third-order valence-electron chi connectivity index (χ3n) is 3.23. The third kappa shape index (κ3) is 2.98. The highest BCUT2D eigenvalue weighted by molar-refractivity contribution is 7.16. The molecule has 0 aliphatic rings. The van der Waals surface area contributed by atoms with Gasteiger partial charge in [0.15, 0.2) is 0 Å². The Morgan fingerprint density at radius 2 is 2.06 bits per heavy atom. The summed E-state index contributed by atoms with van der Waals surface area (Å²) in [6.45, 7) is 4.08. The maximum absolute atomic E-state index is 10.3. The minimum atomic E-state index is -0.484. The molecule has 0 bridgehead atoms. The summed E-state index contributed by atoms with van der Waals surface area (Å²) in [6, 6.07) is 3.82. The van der Waals surface area contributed by atoms with Crippen LogP contribution in [0.5, 0.6) is 0 Å². The molecule has 1 N–H and O–H groups in total. The molecular formula is C12H19ClO2S. The van der Waals surface area contributed by atoms with E-state index >= 15 is 0 Å². The second-order valence-electron chi connectivity index (χ2n) is 3.90. The molecule has 0 spiro atoms. The van der Waals surface area contributed by atoms with Crippen LogP contribution in [-0.4, -0.2) is 23.9 Å². The van der Waals surface area contributed by atoms with Crippen LogP contribution in [0.4, 0.5) is 0 Å². The molecule has 2 nitrogen and oxygen atoms in total. The lowest BCUT2D eigenvalue weighted by molar-refractivity contribution is -0.106. The molecular weight excluding hydrogens is 244 g/mol. The first-order valence-corrected chi connectivity index (χ1v) is 6.74. The van der Waals surface area contributed by atoms with Gasteiger partial charge in [-0.25, -0.2) is 0 Å². The Bertz CT molecular complexity index is 312. The highest BCUT2D eigenvalue weighted by atomic mass is 35.5. The number of methoxy groups -OCH3 is 1. The van der Waals surface area contributed by atoms with E-state index in [1.54, 1.807) is 7.11 Å². The van der Waals surface area contributed by atoms with Crippen LogP contribution in [0, 0.1) is 0 Å². The van der Waals surface area contributed by atoms with Crippen LogP contribution in [0.15, 0.2) is 12.1 Å². The molecule has 0 fully saturated rings. The highest BCUT2D eigenvalue weighted by Crippen LogP contribution is 2.29. The van der Waals surface area contributed by atoms with E-state index in [-0.39, 0.29) is 0 Å². The molecule has 1 aromatic heterocycles. The third-order valence-corrected chi connectivity index (χ3v) is 4.49. The lowest BCUT2D eigenvalue weighted by Crippen LogP contribution is -2.44. The number of hydrogen-bond acceptors (Lipinski definition) is 3. The zero-order valence-corrected chi connectivity index (χ0v) is 11.6. The molecule has 1 rings (SSSR count). The van der Waals surface area contributed by atoms with Gasteiger partial charge >= 0.3 is 0 Å². The molecule has 0 aromatic carbocycles. The Morgan fingerprint density at radius 3 is 2.44 bits per heavy atom. The van der Waals surface area contributed by atoms with E-state index in [4.69, 9.17) is 16.3 Å². The fraction of sp³-hybridized carbons (Fsp3) is 0.667. The Labute approximate surface area is 106 Å². The molecule has 0 radical (unpaired) electrons. The normalized spacial score (nSPS) is 14.1. The SMILES string of the molecule is CCC(CC)(OC)C(O)Cc1ccc(Cl)s1. The average molecular weight is 263 g/mol. The van der Waals surface area contributed by atoms with Crippen molar-refractivity contribution in [1.82, 2.24) is 0 Å². The largest absolute Gasteiger partial charge is 0.390 e. The van der Waals surface area contributed by atoms with Crippen molar-refractivity contribution in [3.05, 3.63) is 21.3 Å². The van der Waals surface area contributed by atoms with E-state index in [0.29, 0.717) is 6.42 Å². The van der Waals surface area contributed by atoms with Crippen molar-refractivity contribution >= 4 is 22.9 Å². The zero-order valence-electron chi connectivity index (χ0n) is 10.00. The molecule has 92 valence electrons. The molecule has 0 aliphatic carbocycles. The van der Waals surface area contributed by atoms with Crippen LogP contribution in [0.25, 0.3) is 0 Å². The number of thiophene rings is 1. The number of rotatable bonds is 6. The number of aliphatic hydroxyl groups excluding tert-OH is 1. The second-order valence-corrected chi connectivity index (χ2v) is 5.70. The van der Waals surface area contributed by atoms with Gasteiger partial charge in [0.2, 0.25) is 0 Å². The van der Waals surface area contributed by atoms with Crippen molar-refractivity contribution in [3.8, 4) is 0 Å². The van der Waals surface area contributed by atoms with Crippen LogP contribution in [-0.2, 0) is 11.2 Å². The van der Waals surface area contributed by atoms with Gasteiger partial charge in [0.1, 0.15) is 0 Å². The first-order valence-electron chi connectivity index (χ1n) is 5.55. The predicted octanol–water partition coefficient (Wildman–Crippen LogP) is 3.51. The molecule has 0 amide bonds. The number of halogens is 1. The van der Waals surface area contributed by atoms with Gasteiger partial charge in [0.05, 0.1) is 16.0 Å². The zero-order chi connectivity index (χ0) is 12.2. The number of aliphatic hydroxyl groups is 1. The predicted molar refractivity (Wildman–Crippen MR) is 69.4 cm³/mol. The van der Waals surface area contributed by atoms with Gasteiger partial charge in [-0.05, 0) is 25.0 Å². The summed E-state index contributed by atoms with van der Waals surface area (Å²) in [4.78, 5) is 1.10. The van der Waals surface area contributed by atoms with Crippen LogP contribution in [0.1, 0.15) is 31.6 Å². The lowest BCUT2D eigenvalue weighted by atomic mass is 9.88. The van der Waals surface area contributed by atoms with Crippen LogP contribution in [0.3, 0.4) is 0 Å². The maximum atomic E-state index is 10.3. The monoisotopic (exact) mass is 262 g/mol. The molecule has 0 saturated heterocycles. The van der Waals surface area contributed by atoms with Crippen LogP contribution in [0.2, 0.25) is 4.34 Å². The van der Waals surface area contributed by atoms with Crippen LogP contribution >= 0.6 is 22.9 Å². The van der Waals surface area contributed by atoms with E-state index in [0.717, 1.165) is 22.1 Å². The minimum Gasteiger partial charge on any atom is -0.390 e. The smallest absolute Gasteiger partial charge is 0.0934 e. The van der Waals surface area contributed by atoms with Crippen molar-refractivity contribution in [2.45, 2.75) is 44.8 Å². The number of hydrogen-bond donors (Lipinski definition) is 1. The van der Waals surface area contributed by atoms with Gasteiger partial charge in [-0.2, -0.15) is 0 Å². The number of ether oxygens (including phenoxy) is 1. The van der Waals surface area contributed by atoms with Gasteiger partial charge in [0.25, 0.3) is 0 Å². The molecule has 1 atom stereocenters. The maximum Gasteiger partial charge on any atom is 0.0934 e. The van der Waals surface area contributed by atoms with Gasteiger partial charge in [-0.1, -0.05) is 25.4 Å². The molecule has 0 saturated carbocycles. The summed E-state index contributed by atoms with van der Waals surface area (Å²) in [7, 11) is 1.66. The van der Waals surface area contributed by atoms with Crippen molar-refractivity contribution in [2.75, 3.05) is 7.11 Å². The Balaban J connectivity index is 2.72. The summed E-state index contributed by atoms with van der Waals surface area (Å²) in [5.74, 6) is 0. The van der Waals surface area contributed by atoms with Crippen molar-refractivity contribution < 1.29 is 9.84 Å². The van der Waals surface area contributed by atoms with Crippen molar-refractivity contribution in [1.29, 1.82) is 0 Å². The van der Waals surface area contributed by atoms with Gasteiger partial charge in [-0.15, -0.1) is 11.3 Å². The lowest BCUT2D eigenvalue weighted by Gasteiger charge is -2.35.